The van der Waals surface area contributed by atoms with Gasteiger partial charge in [-0.1, -0.05) is 43.4 Å². The van der Waals surface area contributed by atoms with E-state index in [0.29, 0.717) is 0 Å². The molecule has 1 N–H and O–H groups in total. The van der Waals surface area contributed by atoms with Crippen LogP contribution in [0.25, 0.3) is 0 Å². The molecular formula is C14H18NSi. The molecule has 1 saturated carbocycles. The highest BCUT2D eigenvalue weighted by Gasteiger charge is 2.34. The smallest absolute Gasteiger partial charge is 0.126 e. The fourth-order valence-corrected chi connectivity index (χ4v) is 3.69. The van der Waals surface area contributed by atoms with Gasteiger partial charge in [0, 0.05) is 6.54 Å². The van der Waals surface area contributed by atoms with Crippen molar-refractivity contribution in [3.63, 3.8) is 0 Å². The molecule has 1 aromatic carbocycles. The minimum Gasteiger partial charge on any atom is -0.333 e. The van der Waals surface area contributed by atoms with Gasteiger partial charge in [-0.05, 0) is 36.8 Å². The van der Waals surface area contributed by atoms with Crippen LogP contribution in [0.3, 0.4) is 0 Å². The summed E-state index contributed by atoms with van der Waals surface area (Å²) in [7, 11) is -1.46. The van der Waals surface area contributed by atoms with Gasteiger partial charge in [-0.3, -0.25) is 0 Å². The first-order chi connectivity index (χ1) is 7.68. The molecule has 1 nitrogen and oxygen atoms in total. The maximum absolute atomic E-state index is 3.72. The third-order valence-corrected chi connectivity index (χ3v) is 5.80. The summed E-state index contributed by atoms with van der Waals surface area (Å²) in [6.45, 7) is 5.67. The van der Waals surface area contributed by atoms with E-state index in [4.69, 9.17) is 0 Å². The van der Waals surface area contributed by atoms with Crippen molar-refractivity contribution in [1.29, 1.82) is 0 Å². The van der Waals surface area contributed by atoms with Crippen LogP contribution >= 0.6 is 0 Å². The van der Waals surface area contributed by atoms with Crippen molar-refractivity contribution in [2.75, 3.05) is 0 Å². The SMILES string of the molecule is C[Si](C)(NCc1ccccc1)[C]1[CH][CH][CH][CH]1. The lowest BCUT2D eigenvalue weighted by Crippen LogP contribution is -2.49. The Labute approximate surface area is 100 Å². The molecule has 83 valence electrons. The summed E-state index contributed by atoms with van der Waals surface area (Å²) in [5.74, 6) is 0. The van der Waals surface area contributed by atoms with Gasteiger partial charge in [0.25, 0.3) is 0 Å². The molecule has 1 aromatic rings. The molecule has 0 amide bonds. The summed E-state index contributed by atoms with van der Waals surface area (Å²) < 4.78 is 0. The van der Waals surface area contributed by atoms with Crippen molar-refractivity contribution in [2.45, 2.75) is 19.6 Å². The molecule has 0 aliphatic heterocycles. The first kappa shape index (κ1) is 11.9. The predicted molar refractivity (Wildman–Crippen MR) is 71.2 cm³/mol. The Hall–Kier alpha value is -0.603. The Bertz CT molecular complexity index is 315. The molecule has 0 atom stereocenters. The van der Waals surface area contributed by atoms with E-state index in [-0.39, 0.29) is 0 Å². The fourth-order valence-electron chi connectivity index (χ4n) is 1.81. The van der Waals surface area contributed by atoms with Gasteiger partial charge < -0.3 is 4.98 Å². The normalized spacial score (nSPS) is 17.9. The van der Waals surface area contributed by atoms with Crippen molar-refractivity contribution in [1.82, 2.24) is 4.98 Å². The van der Waals surface area contributed by atoms with E-state index in [2.05, 4.69) is 74.1 Å². The highest BCUT2D eigenvalue weighted by atomic mass is 28.3. The Balaban J connectivity index is 1.89. The van der Waals surface area contributed by atoms with Crippen LogP contribution in [0, 0.1) is 31.2 Å². The highest BCUT2D eigenvalue weighted by Crippen LogP contribution is 2.30. The third-order valence-electron chi connectivity index (χ3n) is 2.96. The first-order valence-corrected chi connectivity index (χ1v) is 8.70. The largest absolute Gasteiger partial charge is 0.333 e. The van der Waals surface area contributed by atoms with E-state index in [1.807, 2.05) is 0 Å². The molecule has 0 unspecified atom stereocenters. The van der Waals surface area contributed by atoms with Gasteiger partial charge in [0.05, 0.1) is 0 Å². The second-order valence-corrected chi connectivity index (χ2v) is 8.82. The Kier molecular flexibility index (Phi) is 3.82. The van der Waals surface area contributed by atoms with Gasteiger partial charge in [-0.25, -0.2) is 0 Å². The molecule has 1 aliphatic rings. The van der Waals surface area contributed by atoms with E-state index >= 15 is 0 Å². The monoisotopic (exact) mass is 228 g/mol. The quantitative estimate of drug-likeness (QED) is 0.781. The summed E-state index contributed by atoms with van der Waals surface area (Å²) in [5.41, 5.74) is 2.83. The highest BCUT2D eigenvalue weighted by molar-refractivity contribution is 6.81. The molecule has 16 heavy (non-hydrogen) atoms. The molecule has 0 bridgehead atoms. The number of rotatable bonds is 4. The van der Waals surface area contributed by atoms with Gasteiger partial charge >= 0.3 is 0 Å². The van der Waals surface area contributed by atoms with E-state index < -0.39 is 8.24 Å². The maximum atomic E-state index is 3.72. The van der Waals surface area contributed by atoms with Crippen LogP contribution in [-0.4, -0.2) is 8.24 Å². The third kappa shape index (κ3) is 2.95. The Morgan fingerprint density at radius 2 is 1.62 bits per heavy atom. The van der Waals surface area contributed by atoms with Crippen LogP contribution < -0.4 is 4.98 Å². The lowest BCUT2D eigenvalue weighted by molar-refractivity contribution is 0.907. The van der Waals surface area contributed by atoms with E-state index in [0.717, 1.165) is 6.54 Å². The summed E-state index contributed by atoms with van der Waals surface area (Å²) in [4.78, 5) is 3.72. The van der Waals surface area contributed by atoms with Gasteiger partial charge in [-0.2, -0.15) is 0 Å². The summed E-state index contributed by atoms with van der Waals surface area (Å²) >= 11 is 0. The fraction of sp³-hybridized carbons (Fsp3) is 0.214. The molecular weight excluding hydrogens is 210 g/mol. The van der Waals surface area contributed by atoms with Gasteiger partial charge in [0.2, 0.25) is 0 Å². The van der Waals surface area contributed by atoms with E-state index in [1.165, 1.54) is 11.1 Å². The zero-order valence-electron chi connectivity index (χ0n) is 9.90. The lowest BCUT2D eigenvalue weighted by Gasteiger charge is -2.29. The van der Waals surface area contributed by atoms with Crippen molar-refractivity contribution in [2.24, 2.45) is 0 Å². The molecule has 2 heteroatoms. The van der Waals surface area contributed by atoms with Crippen molar-refractivity contribution in [3.05, 3.63) is 67.1 Å². The Morgan fingerprint density at radius 1 is 1.00 bits per heavy atom. The first-order valence-electron chi connectivity index (χ1n) is 5.70. The molecule has 0 spiro atoms. The average molecular weight is 228 g/mol. The molecule has 5 radical (unpaired) electrons. The van der Waals surface area contributed by atoms with Crippen LogP contribution in [0.1, 0.15) is 5.56 Å². The van der Waals surface area contributed by atoms with Crippen LogP contribution in [0.4, 0.5) is 0 Å². The summed E-state index contributed by atoms with van der Waals surface area (Å²) in [6, 6.07) is 10.6. The Morgan fingerprint density at radius 3 is 2.25 bits per heavy atom. The van der Waals surface area contributed by atoms with Crippen LogP contribution in [0.2, 0.25) is 13.1 Å². The number of hydrogen-bond donors (Lipinski definition) is 1. The zero-order valence-corrected chi connectivity index (χ0v) is 10.9. The topological polar surface area (TPSA) is 12.0 Å². The van der Waals surface area contributed by atoms with Crippen LogP contribution in [0.5, 0.6) is 0 Å². The standard InChI is InChI=1S/C14H18NSi/c1-16(2,14-10-6-7-11-14)15-12-13-8-4-3-5-9-13/h3-11,15H,12H2,1-2H3. The minimum absolute atomic E-state index is 0.964. The van der Waals surface area contributed by atoms with Crippen molar-refractivity contribution < 1.29 is 0 Å². The average Bonchev–Trinajstić information content (AvgIpc) is 2.82. The molecule has 0 saturated heterocycles. The zero-order chi connectivity index (χ0) is 11.4. The second-order valence-electron chi connectivity index (χ2n) is 4.64. The maximum Gasteiger partial charge on any atom is 0.126 e. The van der Waals surface area contributed by atoms with Crippen LogP contribution in [-0.2, 0) is 6.54 Å². The number of nitrogens with one attached hydrogen (secondary N) is 1. The minimum atomic E-state index is -1.46. The molecule has 0 aromatic heterocycles. The summed E-state index contributed by atoms with van der Waals surface area (Å²) in [5, 5.41) is 0. The van der Waals surface area contributed by atoms with Gasteiger partial charge in [0.1, 0.15) is 8.24 Å². The van der Waals surface area contributed by atoms with Crippen LogP contribution in [0.15, 0.2) is 30.3 Å². The molecule has 2 rings (SSSR count). The molecule has 1 fully saturated rings. The molecule has 1 aliphatic carbocycles. The number of hydrogen-bond acceptors (Lipinski definition) is 1. The van der Waals surface area contributed by atoms with Gasteiger partial charge in [0.15, 0.2) is 0 Å². The van der Waals surface area contributed by atoms with Crippen molar-refractivity contribution >= 4 is 8.24 Å². The van der Waals surface area contributed by atoms with Crippen molar-refractivity contribution in [3.8, 4) is 0 Å². The predicted octanol–water partition coefficient (Wildman–Crippen LogP) is 2.93. The second kappa shape index (κ2) is 5.15. The summed E-state index contributed by atoms with van der Waals surface area (Å²) in [6.07, 6.45) is 8.69. The molecule has 0 heterocycles. The number of benzene rings is 1. The van der Waals surface area contributed by atoms with E-state index in [1.54, 1.807) is 0 Å². The van der Waals surface area contributed by atoms with Gasteiger partial charge in [-0.15, -0.1) is 0 Å². The lowest BCUT2D eigenvalue weighted by atomic mass is 10.2. The van der Waals surface area contributed by atoms with E-state index in [9.17, 15) is 0 Å².